The Kier molecular flexibility index (Phi) is 4.66. The van der Waals surface area contributed by atoms with Crippen molar-refractivity contribution in [1.82, 2.24) is 5.32 Å². The second-order valence-corrected chi connectivity index (χ2v) is 6.06. The van der Waals surface area contributed by atoms with E-state index in [2.05, 4.69) is 21.2 Å². The van der Waals surface area contributed by atoms with Crippen LogP contribution in [0.4, 0.5) is 10.1 Å². The molecule has 21 heavy (non-hydrogen) atoms. The van der Waals surface area contributed by atoms with E-state index in [0.717, 1.165) is 0 Å². The van der Waals surface area contributed by atoms with Crippen LogP contribution < -0.4 is 10.2 Å². The SMILES string of the molecule is CCC1(CC)NC(=O)CCN(c2ccc(Br)cc2F)C1=O. The van der Waals surface area contributed by atoms with Crippen LogP contribution in [0.5, 0.6) is 0 Å². The van der Waals surface area contributed by atoms with E-state index in [1.807, 2.05) is 13.8 Å². The fourth-order valence-electron chi connectivity index (χ4n) is 2.62. The highest BCUT2D eigenvalue weighted by molar-refractivity contribution is 9.10. The molecule has 0 atom stereocenters. The van der Waals surface area contributed by atoms with E-state index in [1.165, 1.54) is 11.0 Å². The van der Waals surface area contributed by atoms with Crippen LogP contribution in [0.3, 0.4) is 0 Å². The van der Waals surface area contributed by atoms with Gasteiger partial charge in [-0.25, -0.2) is 4.39 Å². The van der Waals surface area contributed by atoms with Crippen LogP contribution in [0.1, 0.15) is 33.1 Å². The number of amides is 2. The van der Waals surface area contributed by atoms with Gasteiger partial charge in [-0.1, -0.05) is 29.8 Å². The third-order valence-electron chi connectivity index (χ3n) is 4.00. The lowest BCUT2D eigenvalue weighted by Gasteiger charge is -2.33. The van der Waals surface area contributed by atoms with Gasteiger partial charge in [-0.2, -0.15) is 0 Å². The molecule has 0 radical (unpaired) electrons. The molecule has 6 heteroatoms. The Bertz CT molecular complexity index is 573. The highest BCUT2D eigenvalue weighted by Gasteiger charge is 2.42. The van der Waals surface area contributed by atoms with Crippen molar-refractivity contribution >= 4 is 33.4 Å². The van der Waals surface area contributed by atoms with E-state index >= 15 is 0 Å². The summed E-state index contributed by atoms with van der Waals surface area (Å²) in [6.45, 7) is 3.89. The quantitative estimate of drug-likeness (QED) is 0.904. The molecule has 4 nitrogen and oxygen atoms in total. The summed E-state index contributed by atoms with van der Waals surface area (Å²) in [5.74, 6) is -0.903. The summed E-state index contributed by atoms with van der Waals surface area (Å²) in [6, 6.07) is 4.57. The van der Waals surface area contributed by atoms with E-state index < -0.39 is 11.4 Å². The number of nitrogens with one attached hydrogen (secondary N) is 1. The number of halogens is 2. The van der Waals surface area contributed by atoms with Crippen molar-refractivity contribution in [3.63, 3.8) is 0 Å². The molecule has 0 unspecified atom stereocenters. The lowest BCUT2D eigenvalue weighted by Crippen LogP contribution is -2.56. The average molecular weight is 357 g/mol. The van der Waals surface area contributed by atoms with Crippen LogP contribution in [0, 0.1) is 5.82 Å². The van der Waals surface area contributed by atoms with E-state index in [9.17, 15) is 14.0 Å². The first-order valence-corrected chi connectivity index (χ1v) is 7.81. The van der Waals surface area contributed by atoms with E-state index in [1.54, 1.807) is 12.1 Å². The number of rotatable bonds is 3. The molecule has 0 spiro atoms. The van der Waals surface area contributed by atoms with Crippen molar-refractivity contribution in [2.24, 2.45) is 0 Å². The number of carbonyl (C=O) groups excluding carboxylic acids is 2. The minimum atomic E-state index is -0.951. The third-order valence-corrected chi connectivity index (χ3v) is 4.50. The Morgan fingerprint density at radius 2 is 2.00 bits per heavy atom. The molecule has 1 N–H and O–H groups in total. The normalized spacial score (nSPS) is 18.4. The Morgan fingerprint density at radius 3 is 2.57 bits per heavy atom. The monoisotopic (exact) mass is 356 g/mol. The van der Waals surface area contributed by atoms with Gasteiger partial charge in [0.1, 0.15) is 11.4 Å². The second kappa shape index (κ2) is 6.13. The van der Waals surface area contributed by atoms with Gasteiger partial charge in [-0.15, -0.1) is 0 Å². The van der Waals surface area contributed by atoms with Gasteiger partial charge in [0.25, 0.3) is 5.91 Å². The molecular weight excluding hydrogens is 339 g/mol. The summed E-state index contributed by atoms with van der Waals surface area (Å²) in [4.78, 5) is 26.1. The summed E-state index contributed by atoms with van der Waals surface area (Å²) in [6.07, 6.45) is 1.12. The smallest absolute Gasteiger partial charge is 0.252 e. The summed E-state index contributed by atoms with van der Waals surface area (Å²) in [5.41, 5.74) is -0.737. The summed E-state index contributed by atoms with van der Waals surface area (Å²) >= 11 is 3.20. The first-order valence-electron chi connectivity index (χ1n) is 7.01. The van der Waals surface area contributed by atoms with Gasteiger partial charge in [0, 0.05) is 17.4 Å². The number of nitrogens with zero attached hydrogens (tertiary/aromatic N) is 1. The van der Waals surface area contributed by atoms with Gasteiger partial charge in [0.2, 0.25) is 5.91 Å². The molecule has 114 valence electrons. The van der Waals surface area contributed by atoms with Crippen molar-refractivity contribution in [1.29, 1.82) is 0 Å². The minimum absolute atomic E-state index is 0.170. The second-order valence-electron chi connectivity index (χ2n) is 5.14. The zero-order chi connectivity index (χ0) is 15.6. The van der Waals surface area contributed by atoms with Crippen LogP contribution in [-0.2, 0) is 9.59 Å². The minimum Gasteiger partial charge on any atom is -0.342 e. The highest BCUT2D eigenvalue weighted by Crippen LogP contribution is 2.29. The maximum absolute atomic E-state index is 14.2. The number of benzene rings is 1. The molecular formula is C15H18BrFN2O2. The topological polar surface area (TPSA) is 49.4 Å². The number of carbonyl (C=O) groups is 2. The lowest BCUT2D eigenvalue weighted by atomic mass is 9.91. The Morgan fingerprint density at radius 1 is 1.33 bits per heavy atom. The molecule has 2 amide bonds. The van der Waals surface area contributed by atoms with Crippen molar-refractivity contribution in [3.05, 3.63) is 28.5 Å². The van der Waals surface area contributed by atoms with E-state index in [4.69, 9.17) is 0 Å². The Hall–Kier alpha value is -1.43. The molecule has 1 aromatic rings. The lowest BCUT2D eigenvalue weighted by molar-refractivity contribution is -0.130. The highest BCUT2D eigenvalue weighted by atomic mass is 79.9. The largest absolute Gasteiger partial charge is 0.342 e. The molecule has 2 rings (SSSR count). The van der Waals surface area contributed by atoms with Gasteiger partial charge in [-0.05, 0) is 31.0 Å². The zero-order valence-corrected chi connectivity index (χ0v) is 13.7. The van der Waals surface area contributed by atoms with Crippen molar-refractivity contribution in [2.75, 3.05) is 11.4 Å². The predicted octanol–water partition coefficient (Wildman–Crippen LogP) is 3.00. The molecule has 1 heterocycles. The number of hydrogen-bond donors (Lipinski definition) is 1. The fourth-order valence-corrected chi connectivity index (χ4v) is 2.95. The van der Waals surface area contributed by atoms with Crippen LogP contribution in [0.2, 0.25) is 0 Å². The Labute approximate surface area is 131 Å². The van der Waals surface area contributed by atoms with Gasteiger partial charge in [0.15, 0.2) is 0 Å². The Balaban J connectivity index is 2.47. The summed E-state index contributed by atoms with van der Waals surface area (Å²) in [7, 11) is 0. The first kappa shape index (κ1) is 15.9. The van der Waals surface area contributed by atoms with Gasteiger partial charge < -0.3 is 10.2 Å². The van der Waals surface area contributed by atoms with Crippen molar-refractivity contribution in [3.8, 4) is 0 Å². The molecule has 0 saturated carbocycles. The number of hydrogen-bond acceptors (Lipinski definition) is 2. The standard InChI is InChI=1S/C15H18BrFN2O2/c1-3-15(4-2)14(21)19(8-7-13(20)18-15)12-6-5-10(16)9-11(12)17/h5-6,9H,3-4,7-8H2,1-2H3,(H,18,20). The average Bonchev–Trinajstić information content (AvgIpc) is 2.58. The van der Waals surface area contributed by atoms with Crippen molar-refractivity contribution < 1.29 is 14.0 Å². The van der Waals surface area contributed by atoms with Crippen LogP contribution in [-0.4, -0.2) is 23.9 Å². The molecule has 1 aliphatic rings. The van der Waals surface area contributed by atoms with Crippen LogP contribution >= 0.6 is 15.9 Å². The molecule has 0 aliphatic carbocycles. The zero-order valence-electron chi connectivity index (χ0n) is 12.1. The predicted molar refractivity (Wildman–Crippen MR) is 82.5 cm³/mol. The van der Waals surface area contributed by atoms with Gasteiger partial charge >= 0.3 is 0 Å². The number of anilines is 1. The third kappa shape index (κ3) is 2.95. The molecule has 1 saturated heterocycles. The molecule has 0 aromatic heterocycles. The van der Waals surface area contributed by atoms with Crippen LogP contribution in [0.15, 0.2) is 22.7 Å². The van der Waals surface area contributed by atoms with E-state index in [0.29, 0.717) is 17.3 Å². The van der Waals surface area contributed by atoms with Gasteiger partial charge in [0.05, 0.1) is 5.69 Å². The molecule has 1 aromatic carbocycles. The van der Waals surface area contributed by atoms with E-state index in [-0.39, 0.29) is 30.5 Å². The summed E-state index contributed by atoms with van der Waals surface area (Å²) in [5, 5.41) is 2.81. The van der Waals surface area contributed by atoms with Crippen molar-refractivity contribution in [2.45, 2.75) is 38.6 Å². The van der Waals surface area contributed by atoms with Crippen LogP contribution in [0.25, 0.3) is 0 Å². The molecule has 0 bridgehead atoms. The molecule has 1 aliphatic heterocycles. The maximum Gasteiger partial charge on any atom is 0.252 e. The maximum atomic E-state index is 14.2. The fraction of sp³-hybridized carbons (Fsp3) is 0.467. The first-order chi connectivity index (χ1) is 9.93. The summed E-state index contributed by atoms with van der Waals surface area (Å²) < 4.78 is 14.8. The molecule has 1 fully saturated rings. The van der Waals surface area contributed by atoms with Gasteiger partial charge in [-0.3, -0.25) is 9.59 Å².